The maximum absolute atomic E-state index is 12.8. The van der Waals surface area contributed by atoms with Gasteiger partial charge in [-0.2, -0.15) is 0 Å². The van der Waals surface area contributed by atoms with Gasteiger partial charge in [0.2, 0.25) is 5.91 Å². The highest BCUT2D eigenvalue weighted by Crippen LogP contribution is 2.25. The van der Waals surface area contributed by atoms with Gasteiger partial charge in [0.25, 0.3) is 0 Å². The minimum atomic E-state index is 0.0542. The van der Waals surface area contributed by atoms with Gasteiger partial charge in [-0.25, -0.2) is 0 Å². The van der Waals surface area contributed by atoms with E-state index in [1.165, 1.54) is 0 Å². The van der Waals surface area contributed by atoms with Crippen molar-refractivity contribution in [3.05, 3.63) is 17.5 Å². The third-order valence-corrected chi connectivity index (χ3v) is 4.91. The van der Waals surface area contributed by atoms with E-state index in [-0.39, 0.29) is 17.9 Å². The van der Waals surface area contributed by atoms with Crippen LogP contribution in [0.5, 0.6) is 0 Å². The molecule has 23 heavy (non-hydrogen) atoms. The molecular formula is C17H27N3O3. The fraction of sp³-hybridized carbons (Fsp3) is 0.765. The fourth-order valence-electron chi connectivity index (χ4n) is 3.61. The molecular weight excluding hydrogens is 294 g/mol. The van der Waals surface area contributed by atoms with Crippen LogP contribution < -0.4 is 0 Å². The van der Waals surface area contributed by atoms with Crippen molar-refractivity contribution in [1.82, 2.24) is 15.0 Å². The quantitative estimate of drug-likeness (QED) is 0.847. The first-order valence-electron chi connectivity index (χ1n) is 8.72. The predicted molar refractivity (Wildman–Crippen MR) is 85.9 cm³/mol. The molecule has 0 unspecified atom stereocenters. The molecule has 6 heteroatoms. The smallest absolute Gasteiger partial charge is 0.228 e. The van der Waals surface area contributed by atoms with Crippen LogP contribution in [0.4, 0.5) is 0 Å². The number of hydrogen-bond acceptors (Lipinski definition) is 5. The number of nitrogens with zero attached hydrogens (tertiary/aromatic N) is 3. The Morgan fingerprint density at radius 3 is 2.78 bits per heavy atom. The highest BCUT2D eigenvalue weighted by Gasteiger charge is 2.34. The highest BCUT2D eigenvalue weighted by molar-refractivity contribution is 5.79. The van der Waals surface area contributed by atoms with Crippen LogP contribution in [0.15, 0.2) is 10.6 Å². The summed E-state index contributed by atoms with van der Waals surface area (Å²) in [4.78, 5) is 17.1. The molecule has 2 saturated heterocycles. The van der Waals surface area contributed by atoms with Gasteiger partial charge in [-0.1, -0.05) is 12.1 Å². The molecule has 2 aliphatic rings. The molecule has 0 aliphatic carbocycles. The van der Waals surface area contributed by atoms with E-state index in [1.807, 2.05) is 17.9 Å². The predicted octanol–water partition coefficient (Wildman–Crippen LogP) is 1.83. The van der Waals surface area contributed by atoms with Crippen molar-refractivity contribution in [3.8, 4) is 0 Å². The van der Waals surface area contributed by atoms with Crippen molar-refractivity contribution in [3.63, 3.8) is 0 Å². The third kappa shape index (κ3) is 3.93. The Morgan fingerprint density at radius 1 is 1.35 bits per heavy atom. The molecule has 2 atom stereocenters. The Hall–Kier alpha value is -1.40. The minimum Gasteiger partial charge on any atom is -0.377 e. The first kappa shape index (κ1) is 16.5. The minimum absolute atomic E-state index is 0.0542. The van der Waals surface area contributed by atoms with Crippen LogP contribution in [0.1, 0.15) is 37.6 Å². The van der Waals surface area contributed by atoms with Crippen LogP contribution in [0.2, 0.25) is 0 Å². The zero-order valence-electron chi connectivity index (χ0n) is 14.2. The molecule has 0 aromatic carbocycles. The molecule has 3 rings (SSSR count). The van der Waals surface area contributed by atoms with E-state index in [0.717, 1.165) is 70.0 Å². The second-order valence-electron chi connectivity index (χ2n) is 6.60. The lowest BCUT2D eigenvalue weighted by Crippen LogP contribution is -2.52. The molecule has 3 heterocycles. The topological polar surface area (TPSA) is 58.8 Å². The third-order valence-electron chi connectivity index (χ3n) is 4.91. The number of carbonyl (C=O) groups excluding carboxylic acids is 1. The summed E-state index contributed by atoms with van der Waals surface area (Å²) in [5.74, 6) is 1.18. The zero-order chi connectivity index (χ0) is 16.2. The number of carbonyl (C=O) groups is 1. The van der Waals surface area contributed by atoms with Crippen molar-refractivity contribution in [2.75, 3.05) is 32.8 Å². The van der Waals surface area contributed by atoms with E-state index < -0.39 is 0 Å². The molecule has 0 saturated carbocycles. The highest BCUT2D eigenvalue weighted by atomic mass is 16.5. The van der Waals surface area contributed by atoms with Gasteiger partial charge in [0.05, 0.1) is 17.7 Å². The molecule has 0 radical (unpaired) electrons. The number of ether oxygens (including phenoxy) is 1. The largest absolute Gasteiger partial charge is 0.377 e. The normalized spacial score (nSPS) is 26.4. The first-order chi connectivity index (χ1) is 11.2. The molecule has 0 N–H and O–H groups in total. The summed E-state index contributed by atoms with van der Waals surface area (Å²) in [5.41, 5.74) is 0.967. The van der Waals surface area contributed by atoms with Gasteiger partial charge in [0.15, 0.2) is 0 Å². The van der Waals surface area contributed by atoms with Crippen molar-refractivity contribution < 1.29 is 14.1 Å². The molecule has 0 spiro atoms. The van der Waals surface area contributed by atoms with Gasteiger partial charge in [0.1, 0.15) is 5.76 Å². The monoisotopic (exact) mass is 321 g/mol. The average Bonchev–Trinajstić information content (AvgIpc) is 3.00. The van der Waals surface area contributed by atoms with E-state index in [1.54, 1.807) is 0 Å². The number of aromatic nitrogens is 1. The standard InChI is InChI=1S/C17H27N3O3/c1-3-16-15(5-4-10-22-16)17(21)20-8-6-19(7-9-20)12-14-11-13(2)23-18-14/h11,15-16H,3-10,12H2,1-2H3/t15-,16+/m1/s1. The lowest BCUT2D eigenvalue weighted by Gasteiger charge is -2.38. The Bertz CT molecular complexity index is 523. The van der Waals surface area contributed by atoms with Crippen LogP contribution in [-0.4, -0.2) is 59.8 Å². The molecule has 1 amide bonds. The number of amides is 1. The van der Waals surface area contributed by atoms with Gasteiger partial charge in [0, 0.05) is 45.4 Å². The lowest BCUT2D eigenvalue weighted by atomic mass is 9.91. The van der Waals surface area contributed by atoms with E-state index in [2.05, 4.69) is 17.0 Å². The molecule has 128 valence electrons. The Kier molecular flexibility index (Phi) is 5.33. The summed E-state index contributed by atoms with van der Waals surface area (Å²) < 4.78 is 10.9. The molecule has 1 aromatic heterocycles. The van der Waals surface area contributed by atoms with Gasteiger partial charge >= 0.3 is 0 Å². The summed E-state index contributed by atoms with van der Waals surface area (Å²) in [5, 5.41) is 4.04. The van der Waals surface area contributed by atoms with Crippen molar-refractivity contribution in [2.24, 2.45) is 5.92 Å². The summed E-state index contributed by atoms with van der Waals surface area (Å²) >= 11 is 0. The fourth-order valence-corrected chi connectivity index (χ4v) is 3.61. The van der Waals surface area contributed by atoms with Crippen molar-refractivity contribution >= 4 is 5.91 Å². The van der Waals surface area contributed by atoms with Crippen LogP contribution >= 0.6 is 0 Å². The van der Waals surface area contributed by atoms with Crippen molar-refractivity contribution in [1.29, 1.82) is 0 Å². The molecule has 1 aromatic rings. The Balaban J connectivity index is 1.50. The summed E-state index contributed by atoms with van der Waals surface area (Å²) in [6.07, 6.45) is 2.99. The molecule has 6 nitrogen and oxygen atoms in total. The van der Waals surface area contributed by atoms with E-state index in [0.29, 0.717) is 0 Å². The van der Waals surface area contributed by atoms with Crippen LogP contribution in [0, 0.1) is 12.8 Å². The van der Waals surface area contributed by atoms with Crippen molar-refractivity contribution in [2.45, 2.75) is 45.8 Å². The van der Waals surface area contributed by atoms with E-state index >= 15 is 0 Å². The van der Waals surface area contributed by atoms with Crippen LogP contribution in [-0.2, 0) is 16.1 Å². The molecule has 2 aliphatic heterocycles. The average molecular weight is 321 g/mol. The summed E-state index contributed by atoms with van der Waals surface area (Å²) in [7, 11) is 0. The van der Waals surface area contributed by atoms with Gasteiger partial charge in [-0.05, 0) is 26.2 Å². The van der Waals surface area contributed by atoms with Gasteiger partial charge < -0.3 is 14.2 Å². The summed E-state index contributed by atoms with van der Waals surface area (Å²) in [6.45, 7) is 8.98. The first-order valence-corrected chi connectivity index (χ1v) is 8.72. The van der Waals surface area contributed by atoms with Gasteiger partial charge in [-0.15, -0.1) is 0 Å². The Morgan fingerprint density at radius 2 is 2.13 bits per heavy atom. The summed E-state index contributed by atoms with van der Waals surface area (Å²) in [6, 6.07) is 1.97. The second kappa shape index (κ2) is 7.45. The van der Waals surface area contributed by atoms with Crippen LogP contribution in [0.25, 0.3) is 0 Å². The van der Waals surface area contributed by atoms with Crippen LogP contribution in [0.3, 0.4) is 0 Å². The molecule has 2 fully saturated rings. The maximum Gasteiger partial charge on any atom is 0.228 e. The maximum atomic E-state index is 12.8. The van der Waals surface area contributed by atoms with Gasteiger partial charge in [-0.3, -0.25) is 9.69 Å². The number of aryl methyl sites for hydroxylation is 1. The molecule has 0 bridgehead atoms. The zero-order valence-corrected chi connectivity index (χ0v) is 14.2. The lowest BCUT2D eigenvalue weighted by molar-refractivity contribution is -0.147. The number of hydrogen-bond donors (Lipinski definition) is 0. The number of piperazine rings is 1. The van der Waals surface area contributed by atoms with E-state index in [9.17, 15) is 4.79 Å². The van der Waals surface area contributed by atoms with E-state index in [4.69, 9.17) is 9.26 Å². The Labute approximate surface area is 137 Å². The number of rotatable bonds is 4. The second-order valence-corrected chi connectivity index (χ2v) is 6.60. The SMILES string of the molecule is CC[C@@H]1OCCC[C@H]1C(=O)N1CCN(Cc2cc(C)on2)CC1.